The molecule has 3 aromatic rings. The quantitative estimate of drug-likeness (QED) is 0.786. The molecule has 0 bridgehead atoms. The molecule has 0 spiro atoms. The lowest BCUT2D eigenvalue weighted by atomic mass is 10.1. The molecule has 0 saturated heterocycles. The molecule has 21 heavy (non-hydrogen) atoms. The summed E-state index contributed by atoms with van der Waals surface area (Å²) in [6.07, 6.45) is 2.36. The van der Waals surface area contributed by atoms with E-state index in [2.05, 4.69) is 45.6 Å². The average molecular weight is 299 g/mol. The summed E-state index contributed by atoms with van der Waals surface area (Å²) < 4.78 is 6.47. The van der Waals surface area contributed by atoms with Crippen molar-refractivity contribution in [3.63, 3.8) is 0 Å². The Kier molecular flexibility index (Phi) is 4.13. The summed E-state index contributed by atoms with van der Waals surface area (Å²) in [6, 6.07) is 12.8. The summed E-state index contributed by atoms with van der Waals surface area (Å²) in [4.78, 5) is 9.69. The fraction of sp³-hybridized carbons (Fsp3) is 0.250. The molecule has 108 valence electrons. The van der Waals surface area contributed by atoms with Gasteiger partial charge in [0.2, 0.25) is 5.88 Å². The van der Waals surface area contributed by atoms with E-state index in [-0.39, 0.29) is 6.04 Å². The standard InChI is InChI=1S/C16H17N3OS/c1-17-13(8-12-9-16(20-2)19-10-18-12)15-7-11-5-3-4-6-14(11)21-15/h3-7,9-10,13,17H,8H2,1-2H3. The number of ether oxygens (including phenoxy) is 1. The predicted molar refractivity (Wildman–Crippen MR) is 85.9 cm³/mol. The van der Waals surface area contributed by atoms with Crippen LogP contribution in [0.3, 0.4) is 0 Å². The van der Waals surface area contributed by atoms with Crippen molar-refractivity contribution in [2.45, 2.75) is 12.5 Å². The molecule has 0 aliphatic rings. The van der Waals surface area contributed by atoms with Crippen LogP contribution < -0.4 is 10.1 Å². The number of rotatable bonds is 5. The van der Waals surface area contributed by atoms with Gasteiger partial charge in [-0.1, -0.05) is 18.2 Å². The molecule has 2 aromatic heterocycles. The second-order valence-corrected chi connectivity index (χ2v) is 5.90. The van der Waals surface area contributed by atoms with Crippen LogP contribution in [-0.4, -0.2) is 24.1 Å². The van der Waals surface area contributed by atoms with Crippen molar-refractivity contribution in [2.24, 2.45) is 0 Å². The van der Waals surface area contributed by atoms with Gasteiger partial charge in [0, 0.05) is 33.8 Å². The molecule has 0 aliphatic heterocycles. The van der Waals surface area contributed by atoms with Gasteiger partial charge in [0.15, 0.2) is 0 Å². The zero-order chi connectivity index (χ0) is 14.7. The highest BCUT2D eigenvalue weighted by Crippen LogP contribution is 2.31. The van der Waals surface area contributed by atoms with E-state index in [1.54, 1.807) is 13.4 Å². The number of nitrogens with one attached hydrogen (secondary N) is 1. The Balaban J connectivity index is 1.87. The Labute approximate surface area is 127 Å². The number of benzene rings is 1. The number of nitrogens with zero attached hydrogens (tertiary/aromatic N) is 2. The SMILES string of the molecule is CNC(Cc1cc(OC)ncn1)c1cc2ccccc2s1. The maximum absolute atomic E-state index is 5.15. The van der Waals surface area contributed by atoms with E-state index in [0.717, 1.165) is 12.1 Å². The Morgan fingerprint density at radius 3 is 2.86 bits per heavy atom. The summed E-state index contributed by atoms with van der Waals surface area (Å²) in [5.74, 6) is 0.603. The number of likely N-dealkylation sites (N-methyl/N-ethyl adjacent to an activating group) is 1. The largest absolute Gasteiger partial charge is 0.481 e. The molecule has 5 heteroatoms. The summed E-state index contributed by atoms with van der Waals surface area (Å²) in [5, 5.41) is 4.66. The van der Waals surface area contributed by atoms with Crippen molar-refractivity contribution in [2.75, 3.05) is 14.2 Å². The van der Waals surface area contributed by atoms with Crippen LogP contribution in [-0.2, 0) is 6.42 Å². The number of fused-ring (bicyclic) bond motifs is 1. The van der Waals surface area contributed by atoms with Crippen LogP contribution in [0.15, 0.2) is 42.7 Å². The zero-order valence-corrected chi connectivity index (χ0v) is 12.9. The second-order valence-electron chi connectivity index (χ2n) is 4.78. The topological polar surface area (TPSA) is 47.0 Å². The number of hydrogen-bond donors (Lipinski definition) is 1. The van der Waals surface area contributed by atoms with Crippen LogP contribution in [0.4, 0.5) is 0 Å². The van der Waals surface area contributed by atoms with Gasteiger partial charge >= 0.3 is 0 Å². The van der Waals surface area contributed by atoms with E-state index in [0.29, 0.717) is 5.88 Å². The molecule has 0 saturated carbocycles. The van der Waals surface area contributed by atoms with Crippen molar-refractivity contribution < 1.29 is 4.74 Å². The van der Waals surface area contributed by atoms with Gasteiger partial charge in [0.1, 0.15) is 6.33 Å². The van der Waals surface area contributed by atoms with Crippen LogP contribution in [0, 0.1) is 0 Å². The molecule has 2 heterocycles. The monoisotopic (exact) mass is 299 g/mol. The summed E-state index contributed by atoms with van der Waals surface area (Å²) in [6.45, 7) is 0. The summed E-state index contributed by atoms with van der Waals surface area (Å²) in [5.41, 5.74) is 0.971. The molecule has 4 nitrogen and oxygen atoms in total. The number of aromatic nitrogens is 2. The van der Waals surface area contributed by atoms with Gasteiger partial charge in [-0.3, -0.25) is 0 Å². The normalized spacial score (nSPS) is 12.5. The molecule has 0 amide bonds. The van der Waals surface area contributed by atoms with E-state index in [1.165, 1.54) is 15.0 Å². The lowest BCUT2D eigenvalue weighted by molar-refractivity contribution is 0.395. The Morgan fingerprint density at radius 2 is 2.10 bits per heavy atom. The van der Waals surface area contributed by atoms with E-state index < -0.39 is 0 Å². The minimum absolute atomic E-state index is 0.238. The lowest BCUT2D eigenvalue weighted by Gasteiger charge is -2.14. The van der Waals surface area contributed by atoms with Crippen LogP contribution in [0.25, 0.3) is 10.1 Å². The average Bonchev–Trinajstić information content (AvgIpc) is 2.96. The summed E-state index contributed by atoms with van der Waals surface area (Å²) in [7, 11) is 3.60. The maximum Gasteiger partial charge on any atom is 0.216 e. The van der Waals surface area contributed by atoms with Crippen LogP contribution >= 0.6 is 11.3 Å². The Bertz CT molecular complexity index is 708. The van der Waals surface area contributed by atoms with E-state index in [1.807, 2.05) is 24.5 Å². The molecular weight excluding hydrogens is 282 g/mol. The third-order valence-corrected chi connectivity index (χ3v) is 4.69. The highest BCUT2D eigenvalue weighted by molar-refractivity contribution is 7.19. The Hall–Kier alpha value is -1.98. The molecule has 1 unspecified atom stereocenters. The molecule has 0 aliphatic carbocycles. The van der Waals surface area contributed by atoms with E-state index >= 15 is 0 Å². The molecule has 1 aromatic carbocycles. The first-order valence-electron chi connectivity index (χ1n) is 6.81. The molecule has 0 radical (unpaired) electrons. The number of hydrogen-bond acceptors (Lipinski definition) is 5. The van der Waals surface area contributed by atoms with Crippen molar-refractivity contribution in [1.82, 2.24) is 15.3 Å². The van der Waals surface area contributed by atoms with Crippen molar-refractivity contribution in [3.05, 3.63) is 53.3 Å². The van der Waals surface area contributed by atoms with Crippen molar-refractivity contribution >= 4 is 21.4 Å². The maximum atomic E-state index is 5.15. The number of thiophene rings is 1. The minimum Gasteiger partial charge on any atom is -0.481 e. The molecular formula is C16H17N3OS. The third kappa shape index (κ3) is 3.04. The van der Waals surface area contributed by atoms with Crippen molar-refractivity contribution in [1.29, 1.82) is 0 Å². The Morgan fingerprint density at radius 1 is 1.24 bits per heavy atom. The van der Waals surface area contributed by atoms with Crippen LogP contribution in [0.1, 0.15) is 16.6 Å². The van der Waals surface area contributed by atoms with Gasteiger partial charge in [0.05, 0.1) is 7.11 Å². The molecule has 1 N–H and O–H groups in total. The van der Waals surface area contributed by atoms with Crippen LogP contribution in [0.5, 0.6) is 5.88 Å². The van der Waals surface area contributed by atoms with E-state index in [4.69, 9.17) is 4.74 Å². The molecule has 3 rings (SSSR count). The smallest absolute Gasteiger partial charge is 0.216 e. The first-order chi connectivity index (χ1) is 10.3. The van der Waals surface area contributed by atoms with Gasteiger partial charge in [0.25, 0.3) is 0 Å². The second kappa shape index (κ2) is 6.20. The van der Waals surface area contributed by atoms with Crippen molar-refractivity contribution in [3.8, 4) is 5.88 Å². The highest BCUT2D eigenvalue weighted by Gasteiger charge is 2.14. The van der Waals surface area contributed by atoms with E-state index in [9.17, 15) is 0 Å². The minimum atomic E-state index is 0.238. The predicted octanol–water partition coefficient (Wildman–Crippen LogP) is 3.20. The first-order valence-corrected chi connectivity index (χ1v) is 7.62. The highest BCUT2D eigenvalue weighted by atomic mass is 32.1. The summed E-state index contributed by atoms with van der Waals surface area (Å²) >= 11 is 1.82. The van der Waals surface area contributed by atoms with Gasteiger partial charge < -0.3 is 10.1 Å². The lowest BCUT2D eigenvalue weighted by Crippen LogP contribution is -2.18. The van der Waals surface area contributed by atoms with Gasteiger partial charge in [-0.25, -0.2) is 9.97 Å². The third-order valence-electron chi connectivity index (χ3n) is 3.46. The van der Waals surface area contributed by atoms with Crippen LogP contribution in [0.2, 0.25) is 0 Å². The number of methoxy groups -OCH3 is 1. The van der Waals surface area contributed by atoms with Gasteiger partial charge in [-0.05, 0) is 24.6 Å². The fourth-order valence-corrected chi connectivity index (χ4v) is 3.50. The molecule has 0 fully saturated rings. The zero-order valence-electron chi connectivity index (χ0n) is 12.0. The molecule has 1 atom stereocenters. The fourth-order valence-electron chi connectivity index (χ4n) is 2.33. The first kappa shape index (κ1) is 14.0. The van der Waals surface area contributed by atoms with Gasteiger partial charge in [-0.15, -0.1) is 11.3 Å². The van der Waals surface area contributed by atoms with Gasteiger partial charge in [-0.2, -0.15) is 0 Å².